The van der Waals surface area contributed by atoms with Crippen LogP contribution in [-0.2, 0) is 16.1 Å². The van der Waals surface area contributed by atoms with Gasteiger partial charge in [-0.25, -0.2) is 4.39 Å². The van der Waals surface area contributed by atoms with Crippen LogP contribution >= 0.6 is 0 Å². The van der Waals surface area contributed by atoms with Crippen molar-refractivity contribution in [3.05, 3.63) is 101 Å². The Kier molecular flexibility index (Phi) is 5.14. The van der Waals surface area contributed by atoms with Crippen molar-refractivity contribution in [2.45, 2.75) is 20.4 Å². The van der Waals surface area contributed by atoms with E-state index in [2.05, 4.69) is 10.3 Å². The highest BCUT2D eigenvalue weighted by atomic mass is 19.1. The first kappa shape index (κ1) is 19.5. The van der Waals surface area contributed by atoms with E-state index in [0.29, 0.717) is 22.5 Å². The first-order valence-corrected chi connectivity index (χ1v) is 9.54. The summed E-state index contributed by atoms with van der Waals surface area (Å²) in [5.74, 6) is -1.21. The number of halogens is 1. The molecule has 0 spiro atoms. The third-order valence-corrected chi connectivity index (χ3v) is 4.98. The van der Waals surface area contributed by atoms with Crippen LogP contribution in [0.1, 0.15) is 22.4 Å². The summed E-state index contributed by atoms with van der Waals surface area (Å²) in [7, 11) is 0. The van der Waals surface area contributed by atoms with Gasteiger partial charge in [-0.15, -0.1) is 0 Å². The lowest BCUT2D eigenvalue weighted by Gasteiger charge is -2.15. The van der Waals surface area contributed by atoms with Crippen molar-refractivity contribution >= 4 is 23.1 Å². The molecule has 2 aromatic carbocycles. The molecular formula is C24H20FN3O2. The van der Waals surface area contributed by atoms with Gasteiger partial charge in [0.15, 0.2) is 0 Å². The number of hydrogen-bond acceptors (Lipinski definition) is 4. The van der Waals surface area contributed by atoms with Crippen molar-refractivity contribution < 1.29 is 14.0 Å². The second-order valence-electron chi connectivity index (χ2n) is 7.22. The van der Waals surface area contributed by atoms with Gasteiger partial charge < -0.3 is 5.32 Å². The molecule has 2 amide bonds. The Hall–Kier alpha value is -3.80. The molecule has 1 aliphatic heterocycles. The first-order chi connectivity index (χ1) is 14.4. The van der Waals surface area contributed by atoms with Crippen LogP contribution in [-0.4, -0.2) is 21.7 Å². The van der Waals surface area contributed by atoms with Gasteiger partial charge in [0, 0.05) is 11.9 Å². The summed E-state index contributed by atoms with van der Waals surface area (Å²) in [4.78, 5) is 32.0. The highest BCUT2D eigenvalue weighted by Gasteiger charge is 2.39. The van der Waals surface area contributed by atoms with Gasteiger partial charge in [-0.05, 0) is 61.4 Å². The molecule has 0 radical (unpaired) electrons. The maximum absolute atomic E-state index is 13.3. The molecule has 1 N–H and O–H groups in total. The molecular weight excluding hydrogens is 381 g/mol. The van der Waals surface area contributed by atoms with E-state index in [-0.39, 0.29) is 24.0 Å². The fraction of sp³-hybridized carbons (Fsp3) is 0.125. The lowest BCUT2D eigenvalue weighted by Crippen LogP contribution is -2.32. The van der Waals surface area contributed by atoms with Crippen LogP contribution in [0.4, 0.5) is 10.1 Å². The van der Waals surface area contributed by atoms with Gasteiger partial charge in [0.05, 0.1) is 17.8 Å². The Morgan fingerprint density at radius 1 is 0.967 bits per heavy atom. The topological polar surface area (TPSA) is 62.3 Å². The van der Waals surface area contributed by atoms with Gasteiger partial charge in [-0.3, -0.25) is 19.5 Å². The summed E-state index contributed by atoms with van der Waals surface area (Å²) in [6.07, 6.45) is 1.62. The van der Waals surface area contributed by atoms with E-state index in [1.54, 1.807) is 18.3 Å². The van der Waals surface area contributed by atoms with Gasteiger partial charge >= 0.3 is 0 Å². The van der Waals surface area contributed by atoms with E-state index >= 15 is 0 Å². The predicted octanol–water partition coefficient (Wildman–Crippen LogP) is 4.23. The van der Waals surface area contributed by atoms with E-state index in [1.165, 1.54) is 29.2 Å². The van der Waals surface area contributed by atoms with E-state index in [1.807, 2.05) is 38.1 Å². The molecule has 6 heteroatoms. The number of imide groups is 1. The standard InChI is InChI=1S/C24H20FN3O2/c1-15-6-11-20(16(2)13-15)21-22(27-18-9-7-17(25)8-10-18)24(30)28(23(21)29)14-19-5-3-4-12-26-19/h3-13,27H,14H2,1-2H3. The molecule has 2 heterocycles. The molecule has 1 aromatic heterocycles. The highest BCUT2D eigenvalue weighted by Crippen LogP contribution is 2.33. The van der Waals surface area contributed by atoms with Crippen molar-refractivity contribution in [1.82, 2.24) is 9.88 Å². The van der Waals surface area contributed by atoms with E-state index in [4.69, 9.17) is 0 Å². The van der Waals surface area contributed by atoms with Crippen LogP contribution in [0.25, 0.3) is 5.57 Å². The molecule has 0 saturated carbocycles. The molecule has 0 saturated heterocycles. The molecule has 30 heavy (non-hydrogen) atoms. The fourth-order valence-electron chi connectivity index (χ4n) is 3.51. The van der Waals surface area contributed by atoms with Crippen molar-refractivity contribution in [3.63, 3.8) is 0 Å². The molecule has 1 aliphatic rings. The summed E-state index contributed by atoms with van der Waals surface area (Å²) in [5.41, 5.74) is 4.26. The third-order valence-electron chi connectivity index (χ3n) is 4.98. The van der Waals surface area contributed by atoms with E-state index < -0.39 is 5.91 Å². The largest absolute Gasteiger partial charge is 0.350 e. The van der Waals surface area contributed by atoms with Crippen molar-refractivity contribution in [2.24, 2.45) is 0 Å². The minimum absolute atomic E-state index is 0.0709. The van der Waals surface area contributed by atoms with Gasteiger partial charge in [0.2, 0.25) is 0 Å². The lowest BCUT2D eigenvalue weighted by atomic mass is 9.97. The normalized spacial score (nSPS) is 13.9. The number of pyridine rings is 1. The molecule has 0 bridgehead atoms. The summed E-state index contributed by atoms with van der Waals surface area (Å²) >= 11 is 0. The Morgan fingerprint density at radius 3 is 2.40 bits per heavy atom. The molecule has 3 aromatic rings. The number of hydrogen-bond donors (Lipinski definition) is 1. The number of aryl methyl sites for hydroxylation is 2. The van der Waals surface area contributed by atoms with Crippen molar-refractivity contribution in [3.8, 4) is 0 Å². The molecule has 4 rings (SSSR count). The molecule has 0 unspecified atom stereocenters. The number of anilines is 1. The van der Waals surface area contributed by atoms with Crippen molar-refractivity contribution in [1.29, 1.82) is 0 Å². The van der Waals surface area contributed by atoms with Gasteiger partial charge in [0.1, 0.15) is 11.5 Å². The van der Waals surface area contributed by atoms with E-state index in [0.717, 1.165) is 11.1 Å². The predicted molar refractivity (Wildman–Crippen MR) is 113 cm³/mol. The van der Waals surface area contributed by atoms with Crippen molar-refractivity contribution in [2.75, 3.05) is 5.32 Å². The zero-order valence-corrected chi connectivity index (χ0v) is 16.6. The molecule has 5 nitrogen and oxygen atoms in total. The average molecular weight is 401 g/mol. The van der Waals surface area contributed by atoms with Crippen LogP contribution in [0.3, 0.4) is 0 Å². The second kappa shape index (κ2) is 7.91. The summed E-state index contributed by atoms with van der Waals surface area (Å²) in [6.45, 7) is 3.95. The number of carbonyl (C=O) groups excluding carboxylic acids is 2. The van der Waals surface area contributed by atoms with E-state index in [9.17, 15) is 14.0 Å². The SMILES string of the molecule is Cc1ccc(C2=C(Nc3ccc(F)cc3)C(=O)N(Cc3ccccn3)C2=O)c(C)c1. The number of nitrogens with one attached hydrogen (secondary N) is 1. The average Bonchev–Trinajstić information content (AvgIpc) is 2.95. The van der Waals surface area contributed by atoms with Crippen LogP contribution in [0.15, 0.2) is 72.6 Å². The van der Waals surface area contributed by atoms with Crippen LogP contribution in [0.2, 0.25) is 0 Å². The number of aromatic nitrogens is 1. The molecule has 0 fully saturated rings. The van der Waals surface area contributed by atoms with Crippen LogP contribution < -0.4 is 5.32 Å². The third kappa shape index (κ3) is 3.72. The number of rotatable bonds is 5. The van der Waals surface area contributed by atoms with Crippen LogP contribution in [0.5, 0.6) is 0 Å². The quantitative estimate of drug-likeness (QED) is 0.650. The molecule has 0 atom stereocenters. The van der Waals surface area contributed by atoms with Gasteiger partial charge in [0.25, 0.3) is 11.8 Å². The summed E-state index contributed by atoms with van der Waals surface area (Å²) < 4.78 is 13.3. The molecule has 150 valence electrons. The lowest BCUT2D eigenvalue weighted by molar-refractivity contribution is -0.137. The fourth-order valence-corrected chi connectivity index (χ4v) is 3.51. The minimum Gasteiger partial charge on any atom is -0.350 e. The van der Waals surface area contributed by atoms with Gasteiger partial charge in [-0.1, -0.05) is 29.8 Å². The smallest absolute Gasteiger partial charge is 0.278 e. The monoisotopic (exact) mass is 401 g/mol. The first-order valence-electron chi connectivity index (χ1n) is 9.54. The molecule has 0 aliphatic carbocycles. The zero-order chi connectivity index (χ0) is 21.3. The second-order valence-corrected chi connectivity index (χ2v) is 7.22. The maximum Gasteiger partial charge on any atom is 0.278 e. The Bertz CT molecular complexity index is 1150. The van der Waals surface area contributed by atoms with Crippen LogP contribution in [0, 0.1) is 19.7 Å². The highest BCUT2D eigenvalue weighted by molar-refractivity contribution is 6.36. The maximum atomic E-state index is 13.3. The zero-order valence-electron chi connectivity index (χ0n) is 16.6. The Morgan fingerprint density at radius 2 is 1.73 bits per heavy atom. The van der Waals surface area contributed by atoms with Gasteiger partial charge in [-0.2, -0.15) is 0 Å². The minimum atomic E-state index is -0.440. The summed E-state index contributed by atoms with van der Waals surface area (Å²) in [6, 6.07) is 16.7. The Labute approximate surface area is 173 Å². The summed E-state index contributed by atoms with van der Waals surface area (Å²) in [5, 5.41) is 3.03. The Balaban J connectivity index is 1.78. The number of benzene rings is 2. The number of nitrogens with zero attached hydrogens (tertiary/aromatic N) is 2. The number of amides is 2. The number of carbonyl (C=O) groups is 2.